The van der Waals surface area contributed by atoms with Gasteiger partial charge < -0.3 is 9.67 Å². The highest BCUT2D eigenvalue weighted by Crippen LogP contribution is 2.33. The third kappa shape index (κ3) is 2.28. The van der Waals surface area contributed by atoms with E-state index in [1.165, 1.54) is 0 Å². The summed E-state index contributed by atoms with van der Waals surface area (Å²) in [6.45, 7) is 6.13. The van der Waals surface area contributed by atoms with E-state index < -0.39 is 0 Å². The number of fused-ring (bicyclic) bond motifs is 1. The van der Waals surface area contributed by atoms with E-state index in [1.807, 2.05) is 37.3 Å². The lowest BCUT2D eigenvalue weighted by Crippen LogP contribution is -2.03. The molecule has 3 rings (SSSR count). The van der Waals surface area contributed by atoms with Gasteiger partial charge in [-0.2, -0.15) is 0 Å². The fourth-order valence-electron chi connectivity index (χ4n) is 2.64. The zero-order valence-corrected chi connectivity index (χ0v) is 13.0. The van der Waals surface area contributed by atoms with Gasteiger partial charge in [0.2, 0.25) is 0 Å². The summed E-state index contributed by atoms with van der Waals surface area (Å²) in [5.74, 6) is 1.14. The van der Waals surface area contributed by atoms with Crippen molar-refractivity contribution in [2.75, 3.05) is 0 Å². The van der Waals surface area contributed by atoms with Crippen molar-refractivity contribution in [1.82, 2.24) is 9.55 Å². The summed E-state index contributed by atoms with van der Waals surface area (Å²) in [7, 11) is 0. The van der Waals surface area contributed by atoms with E-state index in [0.717, 1.165) is 28.0 Å². The minimum absolute atomic E-state index is 0.241. The molecule has 0 fully saturated rings. The molecule has 1 N–H and O–H groups in total. The molecule has 21 heavy (non-hydrogen) atoms. The Hall–Kier alpha value is -2.00. The summed E-state index contributed by atoms with van der Waals surface area (Å²) in [5.41, 5.74) is 3.69. The second-order valence-electron chi connectivity index (χ2n) is 5.48. The summed E-state index contributed by atoms with van der Waals surface area (Å²) in [6, 6.07) is 11.5. The lowest BCUT2D eigenvalue weighted by molar-refractivity contribution is 0.471. The van der Waals surface area contributed by atoms with Gasteiger partial charge in [-0.1, -0.05) is 23.7 Å². The third-order valence-electron chi connectivity index (χ3n) is 3.71. The Morgan fingerprint density at radius 1 is 1.19 bits per heavy atom. The molecule has 1 heterocycles. The normalized spacial score (nSPS) is 11.5. The maximum absolute atomic E-state index is 9.95. The van der Waals surface area contributed by atoms with E-state index in [-0.39, 0.29) is 11.8 Å². The first-order valence-corrected chi connectivity index (χ1v) is 7.33. The molecule has 0 unspecified atom stereocenters. The van der Waals surface area contributed by atoms with Crippen LogP contribution in [0, 0.1) is 6.92 Å². The van der Waals surface area contributed by atoms with E-state index >= 15 is 0 Å². The number of hydrogen-bond donors (Lipinski definition) is 1. The van der Waals surface area contributed by atoms with Gasteiger partial charge >= 0.3 is 0 Å². The number of phenols is 1. The maximum atomic E-state index is 9.95. The van der Waals surface area contributed by atoms with Crippen LogP contribution in [0.15, 0.2) is 36.4 Å². The Bertz CT molecular complexity index is 821. The van der Waals surface area contributed by atoms with Gasteiger partial charge in [-0.3, -0.25) is 0 Å². The fourth-order valence-corrected chi connectivity index (χ4v) is 2.81. The van der Waals surface area contributed by atoms with Crippen molar-refractivity contribution in [3.63, 3.8) is 0 Å². The average Bonchev–Trinajstić information content (AvgIpc) is 2.80. The number of aromatic hydroxyl groups is 1. The first-order chi connectivity index (χ1) is 9.99. The molecule has 0 radical (unpaired) electrons. The van der Waals surface area contributed by atoms with E-state index in [2.05, 4.69) is 18.4 Å². The molecule has 0 saturated heterocycles. The van der Waals surface area contributed by atoms with Crippen molar-refractivity contribution in [1.29, 1.82) is 0 Å². The molecule has 0 aliphatic heterocycles. The number of aromatic nitrogens is 2. The summed E-state index contributed by atoms with van der Waals surface area (Å²) in [6.07, 6.45) is 0. The maximum Gasteiger partial charge on any atom is 0.141 e. The van der Waals surface area contributed by atoms with Crippen molar-refractivity contribution >= 4 is 22.6 Å². The molecule has 2 aromatic carbocycles. The van der Waals surface area contributed by atoms with Crippen molar-refractivity contribution in [3.8, 4) is 17.1 Å². The van der Waals surface area contributed by atoms with Crippen molar-refractivity contribution < 1.29 is 5.11 Å². The third-order valence-corrected chi connectivity index (χ3v) is 3.95. The van der Waals surface area contributed by atoms with Gasteiger partial charge in [0.15, 0.2) is 0 Å². The highest BCUT2D eigenvalue weighted by atomic mass is 35.5. The first kappa shape index (κ1) is 14.0. The number of nitrogens with zero attached hydrogens (tertiary/aromatic N) is 2. The first-order valence-electron chi connectivity index (χ1n) is 6.95. The van der Waals surface area contributed by atoms with Gasteiger partial charge in [0.05, 0.1) is 11.0 Å². The zero-order chi connectivity index (χ0) is 15.1. The molecule has 0 aliphatic carbocycles. The van der Waals surface area contributed by atoms with E-state index in [1.54, 1.807) is 6.07 Å². The van der Waals surface area contributed by atoms with Gasteiger partial charge in [0.25, 0.3) is 0 Å². The molecule has 0 atom stereocenters. The number of rotatable bonds is 2. The fraction of sp³-hybridized carbons (Fsp3) is 0.235. The molecule has 0 aliphatic rings. The minimum atomic E-state index is 0.241. The predicted octanol–water partition coefficient (Wildman–Crippen LogP) is 4.95. The van der Waals surface area contributed by atoms with Crippen molar-refractivity contribution in [2.24, 2.45) is 0 Å². The molecule has 3 nitrogen and oxygen atoms in total. The molecule has 108 valence electrons. The van der Waals surface area contributed by atoms with Gasteiger partial charge in [-0.25, -0.2) is 4.98 Å². The van der Waals surface area contributed by atoms with E-state index in [4.69, 9.17) is 16.6 Å². The Labute approximate surface area is 128 Å². The monoisotopic (exact) mass is 300 g/mol. The Morgan fingerprint density at radius 2 is 1.95 bits per heavy atom. The van der Waals surface area contributed by atoms with Crippen LogP contribution in [0.5, 0.6) is 5.75 Å². The minimum Gasteiger partial charge on any atom is -0.508 e. The molecule has 0 spiro atoms. The van der Waals surface area contributed by atoms with Gasteiger partial charge in [0, 0.05) is 22.2 Å². The number of benzene rings is 2. The largest absolute Gasteiger partial charge is 0.508 e. The smallest absolute Gasteiger partial charge is 0.141 e. The van der Waals surface area contributed by atoms with Gasteiger partial charge in [-0.15, -0.1) is 0 Å². The SMILES string of the molecule is Cc1c(O)cccc1-c1nc2ccc(Cl)cc2n1C(C)C. The predicted molar refractivity (Wildman–Crippen MR) is 87.0 cm³/mol. The standard InChI is InChI=1S/C17H17ClN2O/c1-10(2)20-15-9-12(18)7-8-14(15)19-17(20)13-5-4-6-16(21)11(13)3/h4-10,21H,1-3H3. The van der Waals surface area contributed by atoms with E-state index in [9.17, 15) is 5.11 Å². The van der Waals surface area contributed by atoms with E-state index in [0.29, 0.717) is 5.02 Å². The second kappa shape index (κ2) is 5.08. The molecular formula is C17H17ClN2O. The molecule has 3 aromatic rings. The van der Waals surface area contributed by atoms with Crippen LogP contribution >= 0.6 is 11.6 Å². The summed E-state index contributed by atoms with van der Waals surface area (Å²) < 4.78 is 2.16. The molecule has 1 aromatic heterocycles. The van der Waals surface area contributed by atoms with Crippen LogP contribution in [0.2, 0.25) is 5.02 Å². The summed E-state index contributed by atoms with van der Waals surface area (Å²) in [4.78, 5) is 4.74. The average molecular weight is 301 g/mol. The number of halogens is 1. The van der Waals surface area contributed by atoms with Crippen LogP contribution in [0.25, 0.3) is 22.4 Å². The van der Waals surface area contributed by atoms with Gasteiger partial charge in [-0.05, 0) is 45.0 Å². The lowest BCUT2D eigenvalue weighted by Gasteiger charge is -2.15. The van der Waals surface area contributed by atoms with Crippen LogP contribution in [0.4, 0.5) is 0 Å². The summed E-state index contributed by atoms with van der Waals surface area (Å²) in [5, 5.41) is 10.6. The van der Waals surface area contributed by atoms with Crippen molar-refractivity contribution in [3.05, 3.63) is 47.0 Å². The van der Waals surface area contributed by atoms with Crippen molar-refractivity contribution in [2.45, 2.75) is 26.8 Å². The number of hydrogen-bond acceptors (Lipinski definition) is 2. The highest BCUT2D eigenvalue weighted by Gasteiger charge is 2.17. The molecule has 0 amide bonds. The summed E-state index contributed by atoms with van der Waals surface area (Å²) >= 11 is 6.13. The molecule has 0 bridgehead atoms. The zero-order valence-electron chi connectivity index (χ0n) is 12.3. The molecule has 4 heteroatoms. The Kier molecular flexibility index (Phi) is 3.38. The van der Waals surface area contributed by atoms with Crippen LogP contribution < -0.4 is 0 Å². The highest BCUT2D eigenvalue weighted by molar-refractivity contribution is 6.31. The number of imidazole rings is 1. The lowest BCUT2D eigenvalue weighted by atomic mass is 10.1. The topological polar surface area (TPSA) is 38.1 Å². The number of phenolic OH excluding ortho intramolecular Hbond substituents is 1. The Balaban J connectivity index is 2.37. The quantitative estimate of drug-likeness (QED) is 0.727. The van der Waals surface area contributed by atoms with Crippen LogP contribution in [0.1, 0.15) is 25.5 Å². The molecule has 0 saturated carbocycles. The second-order valence-corrected chi connectivity index (χ2v) is 5.92. The van der Waals surface area contributed by atoms with Crippen LogP contribution in [-0.4, -0.2) is 14.7 Å². The Morgan fingerprint density at radius 3 is 2.67 bits per heavy atom. The van der Waals surface area contributed by atoms with Crippen LogP contribution in [-0.2, 0) is 0 Å². The van der Waals surface area contributed by atoms with Gasteiger partial charge in [0.1, 0.15) is 11.6 Å². The molecular weight excluding hydrogens is 284 g/mol. The van der Waals surface area contributed by atoms with Crippen LogP contribution in [0.3, 0.4) is 0 Å².